The second-order valence-corrected chi connectivity index (χ2v) is 7.31. The minimum absolute atomic E-state index is 0.210. The molecule has 2 aliphatic heterocycles. The van der Waals surface area contributed by atoms with Crippen LogP contribution in [0.4, 0.5) is 0 Å². The number of carbonyl (C=O) groups excluding carboxylic acids is 2. The number of hydrogen-bond acceptors (Lipinski definition) is 3. The van der Waals surface area contributed by atoms with Gasteiger partial charge in [0, 0.05) is 39.2 Å². The number of piperidine rings is 2. The molecule has 3 rings (SSSR count). The molecule has 0 aromatic heterocycles. The molecule has 0 unspecified atom stereocenters. The normalized spacial score (nSPS) is 30.7. The van der Waals surface area contributed by atoms with Crippen molar-refractivity contribution in [2.45, 2.75) is 39.0 Å². The molecule has 0 bridgehead atoms. The van der Waals surface area contributed by atoms with Gasteiger partial charge < -0.3 is 14.5 Å². The summed E-state index contributed by atoms with van der Waals surface area (Å²) < 4.78 is 5.11. The van der Waals surface area contributed by atoms with E-state index >= 15 is 0 Å². The van der Waals surface area contributed by atoms with E-state index in [-0.39, 0.29) is 11.3 Å². The summed E-state index contributed by atoms with van der Waals surface area (Å²) in [6.45, 7) is 5.81. The molecule has 5 heteroatoms. The van der Waals surface area contributed by atoms with Gasteiger partial charge >= 0.3 is 0 Å². The van der Waals surface area contributed by atoms with Crippen molar-refractivity contribution in [1.29, 1.82) is 0 Å². The molecule has 0 aromatic carbocycles. The summed E-state index contributed by atoms with van der Waals surface area (Å²) in [7, 11) is 1.67. The van der Waals surface area contributed by atoms with Gasteiger partial charge in [0.1, 0.15) is 0 Å². The van der Waals surface area contributed by atoms with Crippen molar-refractivity contribution in [3.8, 4) is 0 Å². The van der Waals surface area contributed by atoms with Crippen molar-refractivity contribution in [3.05, 3.63) is 0 Å². The first-order chi connectivity index (χ1) is 10.6. The predicted octanol–water partition coefficient (Wildman–Crippen LogP) is 1.52. The molecule has 3 aliphatic rings. The van der Waals surface area contributed by atoms with Gasteiger partial charge in [0.2, 0.25) is 11.8 Å². The number of amides is 2. The van der Waals surface area contributed by atoms with Gasteiger partial charge in [-0.3, -0.25) is 9.59 Å². The fraction of sp³-hybridized carbons (Fsp3) is 0.882. The van der Waals surface area contributed by atoms with Gasteiger partial charge in [-0.2, -0.15) is 0 Å². The van der Waals surface area contributed by atoms with Crippen molar-refractivity contribution in [1.82, 2.24) is 9.80 Å². The molecule has 1 saturated carbocycles. The molecule has 2 amide bonds. The first-order valence-corrected chi connectivity index (χ1v) is 8.64. The number of nitrogens with zero attached hydrogens (tertiary/aromatic N) is 2. The van der Waals surface area contributed by atoms with Crippen LogP contribution in [-0.2, 0) is 14.3 Å². The van der Waals surface area contributed by atoms with Crippen LogP contribution in [0.3, 0.4) is 0 Å². The van der Waals surface area contributed by atoms with Crippen LogP contribution in [0.5, 0.6) is 0 Å². The van der Waals surface area contributed by atoms with Crippen molar-refractivity contribution in [3.63, 3.8) is 0 Å². The zero-order valence-corrected chi connectivity index (χ0v) is 13.8. The Morgan fingerprint density at radius 3 is 2.55 bits per heavy atom. The van der Waals surface area contributed by atoms with Gasteiger partial charge in [0.25, 0.3) is 0 Å². The number of ether oxygens (including phenoxy) is 1. The number of methoxy groups -OCH3 is 1. The van der Waals surface area contributed by atoms with E-state index in [1.165, 1.54) is 0 Å². The number of likely N-dealkylation sites (tertiary alicyclic amines) is 2. The summed E-state index contributed by atoms with van der Waals surface area (Å²) in [4.78, 5) is 29.2. The van der Waals surface area contributed by atoms with Crippen molar-refractivity contribution in [2.75, 3.05) is 39.9 Å². The Hall–Kier alpha value is -1.10. The lowest BCUT2D eigenvalue weighted by atomic mass is 9.71. The quantitative estimate of drug-likeness (QED) is 0.791. The lowest BCUT2D eigenvalue weighted by Gasteiger charge is -2.46. The number of carbonyl (C=O) groups is 2. The topological polar surface area (TPSA) is 49.9 Å². The highest BCUT2D eigenvalue weighted by atomic mass is 16.5. The Morgan fingerprint density at radius 2 is 1.95 bits per heavy atom. The highest BCUT2D eigenvalue weighted by Crippen LogP contribution is 2.43. The van der Waals surface area contributed by atoms with Crippen LogP contribution in [0.15, 0.2) is 0 Å². The molecule has 124 valence electrons. The lowest BCUT2D eigenvalue weighted by Crippen LogP contribution is -2.55. The molecule has 3 fully saturated rings. The number of hydrogen-bond donors (Lipinski definition) is 0. The first-order valence-electron chi connectivity index (χ1n) is 8.64. The van der Waals surface area contributed by atoms with Crippen LogP contribution in [0.2, 0.25) is 0 Å². The average molecular weight is 308 g/mol. The second kappa shape index (κ2) is 6.19. The predicted molar refractivity (Wildman–Crippen MR) is 83.2 cm³/mol. The Bertz CT molecular complexity index is 443. The second-order valence-electron chi connectivity index (χ2n) is 7.31. The fourth-order valence-electron chi connectivity index (χ4n) is 4.09. The van der Waals surface area contributed by atoms with Crippen molar-refractivity contribution in [2.24, 2.45) is 17.3 Å². The molecule has 0 aromatic rings. The van der Waals surface area contributed by atoms with Gasteiger partial charge in [-0.25, -0.2) is 0 Å². The fourth-order valence-corrected chi connectivity index (χ4v) is 4.09. The molecule has 2 saturated heterocycles. The Labute approximate surface area is 133 Å². The van der Waals surface area contributed by atoms with Gasteiger partial charge in [-0.15, -0.1) is 0 Å². The molecule has 5 nitrogen and oxygen atoms in total. The maximum atomic E-state index is 12.8. The first kappa shape index (κ1) is 15.8. The summed E-state index contributed by atoms with van der Waals surface area (Å²) >= 11 is 0. The largest absolute Gasteiger partial charge is 0.383 e. The Morgan fingerprint density at radius 1 is 1.27 bits per heavy atom. The van der Waals surface area contributed by atoms with E-state index < -0.39 is 0 Å². The highest BCUT2D eigenvalue weighted by Gasteiger charge is 2.48. The lowest BCUT2D eigenvalue weighted by molar-refractivity contribution is -0.153. The van der Waals surface area contributed by atoms with E-state index in [4.69, 9.17) is 4.74 Å². The molecule has 1 spiro atoms. The number of rotatable bonds is 4. The SMILES string of the molecule is COCCN1CCCC2(CCN(C(=O)[C@@H]3C[C@H]3C)CC2)C1=O. The molecule has 0 radical (unpaired) electrons. The summed E-state index contributed by atoms with van der Waals surface area (Å²) in [6.07, 6.45) is 4.77. The van der Waals surface area contributed by atoms with Gasteiger partial charge in [-0.1, -0.05) is 6.92 Å². The van der Waals surface area contributed by atoms with E-state index in [1.807, 2.05) is 9.80 Å². The van der Waals surface area contributed by atoms with Crippen LogP contribution in [0, 0.1) is 17.3 Å². The van der Waals surface area contributed by atoms with Gasteiger partial charge in [0.15, 0.2) is 0 Å². The third-order valence-electron chi connectivity index (χ3n) is 5.85. The minimum atomic E-state index is -0.210. The van der Waals surface area contributed by atoms with Gasteiger partial charge in [-0.05, 0) is 38.0 Å². The molecule has 2 atom stereocenters. The minimum Gasteiger partial charge on any atom is -0.383 e. The summed E-state index contributed by atoms with van der Waals surface area (Å²) in [5, 5.41) is 0. The maximum Gasteiger partial charge on any atom is 0.229 e. The summed E-state index contributed by atoms with van der Waals surface area (Å²) in [5.74, 6) is 1.43. The summed E-state index contributed by atoms with van der Waals surface area (Å²) in [5.41, 5.74) is -0.210. The van der Waals surface area contributed by atoms with Crippen molar-refractivity contribution < 1.29 is 14.3 Å². The van der Waals surface area contributed by atoms with Crippen LogP contribution in [0.25, 0.3) is 0 Å². The van der Waals surface area contributed by atoms with E-state index in [1.54, 1.807) is 7.11 Å². The van der Waals surface area contributed by atoms with Crippen LogP contribution in [0.1, 0.15) is 39.0 Å². The highest BCUT2D eigenvalue weighted by molar-refractivity contribution is 5.85. The molecular formula is C17H28N2O3. The zero-order valence-electron chi connectivity index (χ0n) is 13.8. The average Bonchev–Trinajstić information content (AvgIpc) is 3.26. The van der Waals surface area contributed by atoms with Crippen LogP contribution < -0.4 is 0 Å². The third kappa shape index (κ3) is 2.87. The van der Waals surface area contributed by atoms with Gasteiger partial charge in [0.05, 0.1) is 12.0 Å². The van der Waals surface area contributed by atoms with E-state index in [9.17, 15) is 9.59 Å². The van der Waals surface area contributed by atoms with Crippen LogP contribution >= 0.6 is 0 Å². The van der Waals surface area contributed by atoms with E-state index in [2.05, 4.69) is 6.92 Å². The summed E-state index contributed by atoms with van der Waals surface area (Å²) in [6, 6.07) is 0. The molecule has 1 aliphatic carbocycles. The van der Waals surface area contributed by atoms with Crippen molar-refractivity contribution >= 4 is 11.8 Å². The Kier molecular flexibility index (Phi) is 4.44. The molecular weight excluding hydrogens is 280 g/mol. The molecule has 2 heterocycles. The molecule has 0 N–H and O–H groups in total. The van der Waals surface area contributed by atoms with E-state index in [0.717, 1.165) is 51.7 Å². The monoisotopic (exact) mass is 308 g/mol. The molecule has 22 heavy (non-hydrogen) atoms. The maximum absolute atomic E-state index is 12.8. The standard InChI is InChI=1S/C17H28N2O3/c1-13-12-14(13)15(20)18-8-5-17(6-9-18)4-3-7-19(16(17)21)10-11-22-2/h13-14H,3-12H2,1-2H3/t13-,14-/m1/s1. The Balaban J connectivity index is 1.58. The smallest absolute Gasteiger partial charge is 0.229 e. The van der Waals surface area contributed by atoms with Crippen LogP contribution in [-0.4, -0.2) is 61.5 Å². The zero-order chi connectivity index (χ0) is 15.7. The van der Waals surface area contributed by atoms with E-state index in [0.29, 0.717) is 30.9 Å². The third-order valence-corrected chi connectivity index (χ3v) is 5.85.